The second kappa shape index (κ2) is 5.05. The van der Waals surface area contributed by atoms with E-state index in [2.05, 4.69) is 4.98 Å². The van der Waals surface area contributed by atoms with Gasteiger partial charge in [0, 0.05) is 18.1 Å². The van der Waals surface area contributed by atoms with Crippen molar-refractivity contribution >= 4 is 17.7 Å². The highest BCUT2D eigenvalue weighted by molar-refractivity contribution is 8.00. The van der Waals surface area contributed by atoms with Crippen LogP contribution in [0.1, 0.15) is 6.92 Å². The summed E-state index contributed by atoms with van der Waals surface area (Å²) in [6.45, 7) is 1.65. The molecule has 0 fully saturated rings. The Morgan fingerprint density at radius 1 is 1.41 bits per heavy atom. The van der Waals surface area contributed by atoms with Crippen molar-refractivity contribution in [3.8, 4) is 5.69 Å². The first-order valence-electron chi connectivity index (χ1n) is 5.16. The molecule has 0 aliphatic heterocycles. The molecule has 0 amide bonds. The summed E-state index contributed by atoms with van der Waals surface area (Å²) < 4.78 is 1.88. The lowest BCUT2D eigenvalue weighted by Gasteiger charge is -2.09. The maximum Gasteiger partial charge on any atom is 0.316 e. The van der Waals surface area contributed by atoms with Crippen LogP contribution in [0.4, 0.5) is 0 Å². The zero-order chi connectivity index (χ0) is 12.3. The Morgan fingerprint density at radius 2 is 2.12 bits per heavy atom. The Morgan fingerprint density at radius 3 is 2.76 bits per heavy atom. The summed E-state index contributed by atoms with van der Waals surface area (Å²) in [5.74, 6) is -0.836. The molecule has 17 heavy (non-hydrogen) atoms. The molecule has 1 N–H and O–H groups in total. The lowest BCUT2D eigenvalue weighted by atomic mass is 10.3. The molecule has 0 aliphatic carbocycles. The van der Waals surface area contributed by atoms with Crippen LogP contribution < -0.4 is 0 Å². The average molecular weight is 248 g/mol. The quantitative estimate of drug-likeness (QED) is 0.844. The molecule has 0 saturated carbocycles. The van der Waals surface area contributed by atoms with Crippen LogP contribution in [0.15, 0.2) is 47.9 Å². The van der Waals surface area contributed by atoms with Gasteiger partial charge in [0.25, 0.3) is 0 Å². The summed E-state index contributed by atoms with van der Waals surface area (Å²) in [6, 6.07) is 9.72. The number of nitrogens with zero attached hydrogens (tertiary/aromatic N) is 2. The molecule has 88 valence electrons. The van der Waals surface area contributed by atoms with E-state index in [1.165, 1.54) is 11.8 Å². The SMILES string of the molecule is C[C@@H](Sc1nccn1-c1ccccc1)C(=O)O. The molecule has 0 aliphatic rings. The summed E-state index contributed by atoms with van der Waals surface area (Å²) in [4.78, 5) is 15.0. The van der Waals surface area contributed by atoms with Crippen LogP contribution in [0.3, 0.4) is 0 Å². The number of para-hydroxylation sites is 1. The van der Waals surface area contributed by atoms with Gasteiger partial charge in [0.05, 0.1) is 0 Å². The first kappa shape index (κ1) is 11.7. The van der Waals surface area contributed by atoms with E-state index in [1.54, 1.807) is 13.1 Å². The third-order valence-electron chi connectivity index (χ3n) is 2.27. The topological polar surface area (TPSA) is 55.1 Å². The maximum atomic E-state index is 10.8. The van der Waals surface area contributed by atoms with Gasteiger partial charge >= 0.3 is 5.97 Å². The summed E-state index contributed by atoms with van der Waals surface area (Å²) in [5.41, 5.74) is 0.977. The maximum absolute atomic E-state index is 10.8. The first-order valence-corrected chi connectivity index (χ1v) is 6.04. The highest BCUT2D eigenvalue weighted by Gasteiger charge is 2.16. The minimum Gasteiger partial charge on any atom is -0.480 e. The zero-order valence-electron chi connectivity index (χ0n) is 9.28. The van der Waals surface area contributed by atoms with Gasteiger partial charge in [-0.25, -0.2) is 4.98 Å². The molecule has 0 spiro atoms. The van der Waals surface area contributed by atoms with E-state index < -0.39 is 11.2 Å². The summed E-state index contributed by atoms with van der Waals surface area (Å²) >= 11 is 1.23. The van der Waals surface area contributed by atoms with Crippen molar-refractivity contribution in [2.24, 2.45) is 0 Å². The first-order chi connectivity index (χ1) is 8.18. The van der Waals surface area contributed by atoms with E-state index in [9.17, 15) is 4.79 Å². The third-order valence-corrected chi connectivity index (χ3v) is 3.34. The number of carbonyl (C=O) groups is 1. The van der Waals surface area contributed by atoms with Crippen LogP contribution in [-0.4, -0.2) is 25.9 Å². The van der Waals surface area contributed by atoms with Crippen LogP contribution in [0.25, 0.3) is 5.69 Å². The highest BCUT2D eigenvalue weighted by atomic mass is 32.2. The molecule has 2 rings (SSSR count). The zero-order valence-corrected chi connectivity index (χ0v) is 10.1. The molecule has 0 bridgehead atoms. The van der Waals surface area contributed by atoms with Crippen molar-refractivity contribution in [2.45, 2.75) is 17.3 Å². The van der Waals surface area contributed by atoms with Gasteiger partial charge in [0.15, 0.2) is 5.16 Å². The number of rotatable bonds is 4. The predicted octanol–water partition coefficient (Wildman–Crippen LogP) is 2.44. The van der Waals surface area contributed by atoms with Gasteiger partial charge in [-0.1, -0.05) is 30.0 Å². The van der Waals surface area contributed by atoms with E-state index in [0.29, 0.717) is 5.16 Å². The van der Waals surface area contributed by atoms with Crippen LogP contribution in [0, 0.1) is 0 Å². The normalized spacial score (nSPS) is 12.3. The van der Waals surface area contributed by atoms with Crippen molar-refractivity contribution in [3.63, 3.8) is 0 Å². The Kier molecular flexibility index (Phi) is 3.49. The van der Waals surface area contributed by atoms with E-state index in [4.69, 9.17) is 5.11 Å². The number of carboxylic acid groups (broad SMARTS) is 1. The van der Waals surface area contributed by atoms with Gasteiger partial charge in [-0.05, 0) is 19.1 Å². The number of hydrogen-bond donors (Lipinski definition) is 1. The molecule has 1 aromatic carbocycles. The van der Waals surface area contributed by atoms with Crippen molar-refractivity contribution in [3.05, 3.63) is 42.7 Å². The Hall–Kier alpha value is -1.75. The number of aromatic nitrogens is 2. The molecular formula is C12H12N2O2S. The fraction of sp³-hybridized carbons (Fsp3) is 0.167. The van der Waals surface area contributed by atoms with Crippen LogP contribution in [0.5, 0.6) is 0 Å². The van der Waals surface area contributed by atoms with E-state index in [1.807, 2.05) is 41.1 Å². The average Bonchev–Trinajstić information content (AvgIpc) is 2.78. The summed E-state index contributed by atoms with van der Waals surface area (Å²) in [7, 11) is 0. The number of thioether (sulfide) groups is 1. The molecule has 5 heteroatoms. The minimum atomic E-state index is -0.836. The number of carboxylic acids is 1. The molecule has 0 saturated heterocycles. The molecule has 1 aromatic heterocycles. The Bertz CT molecular complexity index is 510. The second-order valence-corrected chi connectivity index (χ2v) is 4.82. The molecule has 2 aromatic rings. The van der Waals surface area contributed by atoms with Gasteiger partial charge in [0.1, 0.15) is 5.25 Å². The fourth-order valence-corrected chi connectivity index (χ4v) is 2.19. The minimum absolute atomic E-state index is 0.514. The van der Waals surface area contributed by atoms with E-state index >= 15 is 0 Å². The molecule has 4 nitrogen and oxygen atoms in total. The monoisotopic (exact) mass is 248 g/mol. The van der Waals surface area contributed by atoms with Crippen molar-refractivity contribution < 1.29 is 9.90 Å². The largest absolute Gasteiger partial charge is 0.480 e. The van der Waals surface area contributed by atoms with Crippen molar-refractivity contribution in [1.29, 1.82) is 0 Å². The molecule has 0 unspecified atom stereocenters. The molecule has 0 radical (unpaired) electrons. The predicted molar refractivity (Wildman–Crippen MR) is 66.5 cm³/mol. The number of imidazole rings is 1. The van der Waals surface area contributed by atoms with Gasteiger partial charge in [-0.15, -0.1) is 0 Å². The lowest BCUT2D eigenvalue weighted by molar-refractivity contribution is -0.136. The standard InChI is InChI=1S/C12H12N2O2S/c1-9(11(15)16)17-12-13-7-8-14(12)10-5-3-2-4-6-10/h2-9H,1H3,(H,15,16)/t9-/m1/s1. The van der Waals surface area contributed by atoms with Crippen LogP contribution in [0.2, 0.25) is 0 Å². The molecule has 1 heterocycles. The Labute approximate surface area is 103 Å². The van der Waals surface area contributed by atoms with Crippen molar-refractivity contribution in [1.82, 2.24) is 9.55 Å². The lowest BCUT2D eigenvalue weighted by Crippen LogP contribution is -2.12. The van der Waals surface area contributed by atoms with Crippen LogP contribution in [-0.2, 0) is 4.79 Å². The third kappa shape index (κ3) is 2.68. The van der Waals surface area contributed by atoms with Crippen LogP contribution >= 0.6 is 11.8 Å². The van der Waals surface area contributed by atoms with E-state index in [0.717, 1.165) is 5.69 Å². The van der Waals surface area contributed by atoms with E-state index in [-0.39, 0.29) is 0 Å². The second-order valence-electron chi connectivity index (χ2n) is 3.51. The highest BCUT2D eigenvalue weighted by Crippen LogP contribution is 2.24. The van der Waals surface area contributed by atoms with Gasteiger partial charge in [0.2, 0.25) is 0 Å². The smallest absolute Gasteiger partial charge is 0.316 e. The number of hydrogen-bond acceptors (Lipinski definition) is 3. The summed E-state index contributed by atoms with van der Waals surface area (Å²) in [6.07, 6.45) is 3.50. The van der Waals surface area contributed by atoms with Crippen molar-refractivity contribution in [2.75, 3.05) is 0 Å². The number of aliphatic carboxylic acids is 1. The van der Waals surface area contributed by atoms with Gasteiger partial charge in [-0.3, -0.25) is 9.36 Å². The summed E-state index contributed by atoms with van der Waals surface area (Å²) in [5, 5.41) is 9.06. The molecular weight excluding hydrogens is 236 g/mol. The fourth-order valence-electron chi connectivity index (χ4n) is 1.37. The molecule has 1 atom stereocenters. The van der Waals surface area contributed by atoms with Gasteiger partial charge in [-0.2, -0.15) is 0 Å². The van der Waals surface area contributed by atoms with Gasteiger partial charge < -0.3 is 5.11 Å². The number of benzene rings is 1. The Balaban J connectivity index is 2.26.